The Labute approximate surface area is 118 Å². The average molecular weight is 313 g/mol. The van der Waals surface area contributed by atoms with Gasteiger partial charge in [-0.2, -0.15) is 0 Å². The molecule has 100 valence electrons. The second-order valence-electron chi connectivity index (χ2n) is 4.71. The number of anilines is 1. The molecule has 1 atom stereocenters. The molecule has 0 aliphatic carbocycles. The lowest BCUT2D eigenvalue weighted by atomic mass is 10.2. The molecule has 2 heterocycles. The fourth-order valence-corrected chi connectivity index (χ4v) is 3.13. The van der Waals surface area contributed by atoms with Gasteiger partial charge >= 0.3 is 0 Å². The molecule has 1 aliphatic rings. The molecule has 1 aliphatic heterocycles. The van der Waals surface area contributed by atoms with Crippen LogP contribution in [0.25, 0.3) is 0 Å². The van der Waals surface area contributed by atoms with Crippen molar-refractivity contribution in [1.29, 1.82) is 0 Å². The van der Waals surface area contributed by atoms with Crippen LogP contribution < -0.4 is 4.90 Å². The Hall–Kier alpha value is -0.680. The molecule has 5 heteroatoms. The minimum atomic E-state index is 0.661. The normalized spacial score (nSPS) is 19.8. The van der Waals surface area contributed by atoms with E-state index in [1.54, 1.807) is 0 Å². The van der Waals surface area contributed by atoms with E-state index in [4.69, 9.17) is 0 Å². The number of nitrogens with zero attached hydrogens (tertiary/aromatic N) is 4. The highest BCUT2D eigenvalue weighted by atomic mass is 79.9. The van der Waals surface area contributed by atoms with Gasteiger partial charge in [0.15, 0.2) is 0 Å². The van der Waals surface area contributed by atoms with Gasteiger partial charge in [-0.1, -0.05) is 13.8 Å². The smallest absolute Gasteiger partial charge is 0.133 e. The highest BCUT2D eigenvalue weighted by Gasteiger charge is 2.27. The minimum Gasteiger partial charge on any atom is -0.355 e. The number of likely N-dealkylation sites (N-methyl/N-ethyl adjacent to an activating group) is 1. The summed E-state index contributed by atoms with van der Waals surface area (Å²) in [4.78, 5) is 13.7. The number of aryl methyl sites for hydroxylation is 1. The summed E-state index contributed by atoms with van der Waals surface area (Å²) >= 11 is 3.44. The molecule has 0 aromatic carbocycles. The van der Waals surface area contributed by atoms with E-state index in [9.17, 15) is 0 Å². The van der Waals surface area contributed by atoms with E-state index < -0.39 is 0 Å². The van der Waals surface area contributed by atoms with E-state index >= 15 is 0 Å². The fourth-order valence-electron chi connectivity index (χ4n) is 2.67. The highest BCUT2D eigenvalue weighted by molar-refractivity contribution is 9.10. The SMILES string of the molecule is CCN(CC)C1CCN(c2cc(Br)nc(C)n2)C1. The predicted molar refractivity (Wildman–Crippen MR) is 78.0 cm³/mol. The van der Waals surface area contributed by atoms with Gasteiger partial charge in [0.1, 0.15) is 16.2 Å². The summed E-state index contributed by atoms with van der Waals surface area (Å²) < 4.78 is 0.872. The maximum atomic E-state index is 4.53. The number of halogens is 1. The van der Waals surface area contributed by atoms with Gasteiger partial charge in [0.25, 0.3) is 0 Å². The molecule has 4 nitrogen and oxygen atoms in total. The summed E-state index contributed by atoms with van der Waals surface area (Å²) in [6.07, 6.45) is 1.22. The van der Waals surface area contributed by atoms with Gasteiger partial charge in [0.2, 0.25) is 0 Å². The second-order valence-corrected chi connectivity index (χ2v) is 5.52. The third-order valence-electron chi connectivity index (χ3n) is 3.61. The Balaban J connectivity index is 2.08. The second kappa shape index (κ2) is 5.97. The van der Waals surface area contributed by atoms with Crippen molar-refractivity contribution in [3.05, 3.63) is 16.5 Å². The zero-order valence-electron chi connectivity index (χ0n) is 11.4. The van der Waals surface area contributed by atoms with Crippen LogP contribution in [0.3, 0.4) is 0 Å². The third kappa shape index (κ3) is 3.01. The number of hydrogen-bond acceptors (Lipinski definition) is 4. The molecule has 1 aromatic heterocycles. The van der Waals surface area contributed by atoms with Gasteiger partial charge in [-0.25, -0.2) is 9.97 Å². The van der Waals surface area contributed by atoms with Crippen LogP contribution >= 0.6 is 15.9 Å². The maximum Gasteiger partial charge on any atom is 0.133 e. The zero-order chi connectivity index (χ0) is 13.1. The van der Waals surface area contributed by atoms with E-state index in [1.165, 1.54) is 6.42 Å². The molecule has 0 bridgehead atoms. The lowest BCUT2D eigenvalue weighted by Gasteiger charge is -2.26. The highest BCUT2D eigenvalue weighted by Crippen LogP contribution is 2.23. The van der Waals surface area contributed by atoms with Crippen molar-refractivity contribution in [2.24, 2.45) is 0 Å². The van der Waals surface area contributed by atoms with Crippen LogP contribution in [-0.2, 0) is 0 Å². The standard InChI is InChI=1S/C13H21BrN4/c1-4-17(5-2)11-6-7-18(9-11)13-8-12(14)15-10(3)16-13/h8,11H,4-7,9H2,1-3H3. The third-order valence-corrected chi connectivity index (χ3v) is 4.02. The summed E-state index contributed by atoms with van der Waals surface area (Å²) in [5.74, 6) is 1.87. The van der Waals surface area contributed by atoms with Crippen LogP contribution in [0.5, 0.6) is 0 Å². The monoisotopic (exact) mass is 312 g/mol. The topological polar surface area (TPSA) is 32.3 Å². The summed E-state index contributed by atoms with van der Waals surface area (Å²) in [7, 11) is 0. The Morgan fingerprint density at radius 2 is 2.11 bits per heavy atom. The Morgan fingerprint density at radius 1 is 1.39 bits per heavy atom. The molecular formula is C13H21BrN4. The molecule has 0 N–H and O–H groups in total. The van der Waals surface area contributed by atoms with Crippen molar-refractivity contribution in [2.75, 3.05) is 31.1 Å². The predicted octanol–water partition coefficient (Wildman–Crippen LogP) is 2.47. The average Bonchev–Trinajstić information content (AvgIpc) is 2.79. The van der Waals surface area contributed by atoms with Gasteiger partial charge < -0.3 is 4.90 Å². The molecule has 1 saturated heterocycles. The Kier molecular flexibility index (Phi) is 4.56. The first kappa shape index (κ1) is 13.7. The number of aromatic nitrogens is 2. The van der Waals surface area contributed by atoms with Crippen molar-refractivity contribution in [3.8, 4) is 0 Å². The molecule has 0 radical (unpaired) electrons. The van der Waals surface area contributed by atoms with E-state index in [1.807, 2.05) is 13.0 Å². The fraction of sp³-hybridized carbons (Fsp3) is 0.692. The molecule has 0 amide bonds. The van der Waals surface area contributed by atoms with Gasteiger partial charge in [-0.15, -0.1) is 0 Å². The van der Waals surface area contributed by atoms with Crippen LogP contribution in [-0.4, -0.2) is 47.1 Å². The van der Waals surface area contributed by atoms with Crippen LogP contribution in [0.4, 0.5) is 5.82 Å². The summed E-state index contributed by atoms with van der Waals surface area (Å²) in [6.45, 7) is 10.8. The number of hydrogen-bond donors (Lipinski definition) is 0. The van der Waals surface area contributed by atoms with Crippen molar-refractivity contribution < 1.29 is 0 Å². The summed E-state index contributed by atoms with van der Waals surface area (Å²) in [5.41, 5.74) is 0. The van der Waals surface area contributed by atoms with Crippen LogP contribution in [0, 0.1) is 6.92 Å². The van der Waals surface area contributed by atoms with Crippen LogP contribution in [0.15, 0.2) is 10.7 Å². The largest absolute Gasteiger partial charge is 0.355 e. The molecule has 0 saturated carbocycles. The Morgan fingerprint density at radius 3 is 2.72 bits per heavy atom. The quantitative estimate of drug-likeness (QED) is 0.800. The molecule has 1 aromatic rings. The molecule has 1 unspecified atom stereocenters. The minimum absolute atomic E-state index is 0.661. The lowest BCUT2D eigenvalue weighted by molar-refractivity contribution is 0.232. The van der Waals surface area contributed by atoms with E-state index in [-0.39, 0.29) is 0 Å². The molecular weight excluding hydrogens is 292 g/mol. The molecule has 2 rings (SSSR count). The zero-order valence-corrected chi connectivity index (χ0v) is 12.9. The first-order valence-electron chi connectivity index (χ1n) is 6.64. The van der Waals surface area contributed by atoms with Crippen molar-refractivity contribution in [1.82, 2.24) is 14.9 Å². The first-order chi connectivity index (χ1) is 8.63. The molecule has 1 fully saturated rings. The van der Waals surface area contributed by atoms with Gasteiger partial charge in [-0.05, 0) is 42.4 Å². The van der Waals surface area contributed by atoms with E-state index in [0.717, 1.165) is 42.4 Å². The Bertz CT molecular complexity index is 386. The van der Waals surface area contributed by atoms with Gasteiger partial charge in [-0.3, -0.25) is 4.90 Å². The first-order valence-corrected chi connectivity index (χ1v) is 7.43. The lowest BCUT2D eigenvalue weighted by Crippen LogP contribution is -2.37. The van der Waals surface area contributed by atoms with Crippen molar-refractivity contribution in [3.63, 3.8) is 0 Å². The van der Waals surface area contributed by atoms with E-state index in [0.29, 0.717) is 6.04 Å². The van der Waals surface area contributed by atoms with Crippen molar-refractivity contribution in [2.45, 2.75) is 33.2 Å². The van der Waals surface area contributed by atoms with Crippen LogP contribution in [0.1, 0.15) is 26.1 Å². The summed E-state index contributed by atoms with van der Waals surface area (Å²) in [6, 6.07) is 2.67. The van der Waals surface area contributed by atoms with Crippen molar-refractivity contribution >= 4 is 21.7 Å². The number of rotatable bonds is 4. The van der Waals surface area contributed by atoms with Crippen LogP contribution in [0.2, 0.25) is 0 Å². The molecule has 0 spiro atoms. The van der Waals surface area contributed by atoms with Gasteiger partial charge in [0.05, 0.1) is 0 Å². The maximum absolute atomic E-state index is 4.53. The summed E-state index contributed by atoms with van der Waals surface area (Å²) in [5, 5.41) is 0. The van der Waals surface area contributed by atoms with E-state index in [2.05, 4.69) is 49.5 Å². The van der Waals surface area contributed by atoms with Gasteiger partial charge in [0, 0.05) is 25.2 Å². The molecule has 18 heavy (non-hydrogen) atoms.